The lowest BCUT2D eigenvalue weighted by atomic mass is 10.0. The van der Waals surface area contributed by atoms with Crippen LogP contribution in [0.3, 0.4) is 0 Å². The van der Waals surface area contributed by atoms with E-state index >= 15 is 0 Å². The van der Waals surface area contributed by atoms with E-state index in [1.807, 2.05) is 24.3 Å². The van der Waals surface area contributed by atoms with Crippen LogP contribution in [0, 0.1) is 5.41 Å². The molecule has 84 valence electrons. The summed E-state index contributed by atoms with van der Waals surface area (Å²) in [6, 6.07) is 14.3. The van der Waals surface area contributed by atoms with E-state index < -0.39 is 0 Å². The predicted molar refractivity (Wildman–Crippen MR) is 69.9 cm³/mol. The molecule has 0 aliphatic rings. The molecule has 0 heterocycles. The van der Waals surface area contributed by atoms with Crippen molar-refractivity contribution >= 4 is 29.1 Å². The van der Waals surface area contributed by atoms with Gasteiger partial charge in [-0.1, -0.05) is 42.5 Å². The van der Waals surface area contributed by atoms with Crippen molar-refractivity contribution in [1.29, 1.82) is 5.41 Å². The third kappa shape index (κ3) is 2.64. The van der Waals surface area contributed by atoms with E-state index in [-0.39, 0.29) is 18.4 Å². The second kappa shape index (κ2) is 5.37. The van der Waals surface area contributed by atoms with E-state index in [4.69, 9.17) is 11.1 Å². The number of nitrogens with two attached hydrogens (primary N) is 1. The molecule has 2 aromatic rings. The van der Waals surface area contributed by atoms with Gasteiger partial charge < -0.3 is 11.1 Å². The number of halogens is 1. The largest absolute Gasteiger partial charge is 0.370 e. The van der Waals surface area contributed by atoms with Crippen molar-refractivity contribution in [2.75, 3.05) is 0 Å². The first kappa shape index (κ1) is 12.3. The van der Waals surface area contributed by atoms with Crippen LogP contribution in [0.15, 0.2) is 42.5 Å². The van der Waals surface area contributed by atoms with Crippen LogP contribution in [-0.2, 0) is 6.54 Å². The number of hydrogen-bond acceptors (Lipinski definition) is 1. The van der Waals surface area contributed by atoms with Gasteiger partial charge in [-0.25, -0.2) is 0 Å². The minimum Gasteiger partial charge on any atom is -0.370 e. The Bertz CT molecular complexity index is 491. The summed E-state index contributed by atoms with van der Waals surface area (Å²) < 4.78 is 0. The molecular formula is C12H14ClN3. The van der Waals surface area contributed by atoms with Gasteiger partial charge >= 0.3 is 0 Å². The molecule has 2 aromatic carbocycles. The Morgan fingerprint density at radius 1 is 1.12 bits per heavy atom. The molecular weight excluding hydrogens is 222 g/mol. The van der Waals surface area contributed by atoms with Crippen molar-refractivity contribution in [1.82, 2.24) is 5.32 Å². The number of rotatable bonds is 2. The summed E-state index contributed by atoms with van der Waals surface area (Å²) in [6.45, 7) is 0.594. The summed E-state index contributed by atoms with van der Waals surface area (Å²) in [5, 5.41) is 12.3. The van der Waals surface area contributed by atoms with E-state index in [0.717, 1.165) is 5.56 Å². The zero-order valence-electron chi connectivity index (χ0n) is 8.73. The maximum Gasteiger partial charge on any atom is 0.185 e. The van der Waals surface area contributed by atoms with Gasteiger partial charge in [-0.2, -0.15) is 0 Å². The molecule has 0 amide bonds. The monoisotopic (exact) mass is 235 g/mol. The smallest absolute Gasteiger partial charge is 0.185 e. The molecule has 0 fully saturated rings. The zero-order chi connectivity index (χ0) is 10.7. The average Bonchev–Trinajstić information content (AvgIpc) is 2.26. The Morgan fingerprint density at radius 3 is 2.56 bits per heavy atom. The van der Waals surface area contributed by atoms with E-state index in [2.05, 4.69) is 23.5 Å². The molecule has 16 heavy (non-hydrogen) atoms. The number of hydrogen-bond donors (Lipinski definition) is 3. The minimum absolute atomic E-state index is 0. The molecule has 0 unspecified atom stereocenters. The molecule has 0 saturated heterocycles. The molecule has 2 rings (SSSR count). The van der Waals surface area contributed by atoms with Crippen LogP contribution in [0.5, 0.6) is 0 Å². The van der Waals surface area contributed by atoms with Gasteiger partial charge in [-0.3, -0.25) is 5.41 Å². The molecule has 4 N–H and O–H groups in total. The first-order chi connectivity index (χ1) is 7.27. The fraction of sp³-hybridized carbons (Fsp3) is 0.0833. The highest BCUT2D eigenvalue weighted by Gasteiger charge is 1.99. The Hall–Kier alpha value is -1.74. The molecule has 4 heteroatoms. The summed E-state index contributed by atoms with van der Waals surface area (Å²) in [6.07, 6.45) is 0. The number of fused-ring (bicyclic) bond motifs is 1. The standard InChI is InChI=1S/C12H13N3.ClH/c13-12(14)15-8-10-6-3-5-9-4-1-2-7-11(9)10;/h1-7H,8H2,(H4,13,14,15);1H. The van der Waals surface area contributed by atoms with Crippen LogP contribution in [0.1, 0.15) is 5.56 Å². The highest BCUT2D eigenvalue weighted by atomic mass is 35.5. The summed E-state index contributed by atoms with van der Waals surface area (Å²) >= 11 is 0. The van der Waals surface area contributed by atoms with Gasteiger partial charge in [0.05, 0.1) is 0 Å². The Morgan fingerprint density at radius 2 is 1.81 bits per heavy atom. The molecule has 3 nitrogen and oxygen atoms in total. The van der Waals surface area contributed by atoms with E-state index in [1.165, 1.54) is 10.8 Å². The lowest BCUT2D eigenvalue weighted by Crippen LogP contribution is -2.29. The normalized spacial score (nSPS) is 9.50. The van der Waals surface area contributed by atoms with Gasteiger partial charge in [0.25, 0.3) is 0 Å². The Kier molecular flexibility index (Phi) is 4.14. The number of guanidine groups is 1. The first-order valence-corrected chi connectivity index (χ1v) is 4.82. The quantitative estimate of drug-likeness (QED) is 0.552. The van der Waals surface area contributed by atoms with E-state index in [0.29, 0.717) is 6.54 Å². The van der Waals surface area contributed by atoms with Crippen LogP contribution in [0.25, 0.3) is 10.8 Å². The molecule has 0 spiro atoms. The van der Waals surface area contributed by atoms with Crippen LogP contribution < -0.4 is 11.1 Å². The molecule has 0 aromatic heterocycles. The Balaban J connectivity index is 0.00000128. The average molecular weight is 236 g/mol. The highest BCUT2D eigenvalue weighted by molar-refractivity contribution is 5.86. The fourth-order valence-corrected chi connectivity index (χ4v) is 1.64. The van der Waals surface area contributed by atoms with E-state index in [1.54, 1.807) is 0 Å². The topological polar surface area (TPSA) is 61.9 Å². The molecule has 0 aliphatic carbocycles. The second-order valence-electron chi connectivity index (χ2n) is 3.41. The van der Waals surface area contributed by atoms with E-state index in [9.17, 15) is 0 Å². The fourth-order valence-electron chi connectivity index (χ4n) is 1.64. The van der Waals surface area contributed by atoms with Crippen molar-refractivity contribution in [2.24, 2.45) is 5.73 Å². The van der Waals surface area contributed by atoms with Gasteiger partial charge in [0.1, 0.15) is 0 Å². The maximum atomic E-state index is 7.12. The third-order valence-corrected chi connectivity index (χ3v) is 2.35. The van der Waals surface area contributed by atoms with Crippen molar-refractivity contribution in [3.63, 3.8) is 0 Å². The molecule has 0 radical (unpaired) electrons. The summed E-state index contributed by atoms with van der Waals surface area (Å²) in [4.78, 5) is 0. The number of benzene rings is 2. The Labute approximate surface area is 101 Å². The van der Waals surface area contributed by atoms with Crippen molar-refractivity contribution in [3.05, 3.63) is 48.0 Å². The summed E-state index contributed by atoms with van der Waals surface area (Å²) in [7, 11) is 0. The lowest BCUT2D eigenvalue weighted by molar-refractivity contribution is 0.904. The third-order valence-electron chi connectivity index (χ3n) is 2.35. The molecule has 0 aliphatic heterocycles. The minimum atomic E-state index is 0. The zero-order valence-corrected chi connectivity index (χ0v) is 9.55. The van der Waals surface area contributed by atoms with Gasteiger partial charge in [0.15, 0.2) is 5.96 Å². The van der Waals surface area contributed by atoms with Crippen LogP contribution >= 0.6 is 12.4 Å². The maximum absolute atomic E-state index is 7.12. The van der Waals surface area contributed by atoms with Gasteiger partial charge in [-0.15, -0.1) is 12.4 Å². The van der Waals surface area contributed by atoms with Crippen LogP contribution in [-0.4, -0.2) is 5.96 Å². The van der Waals surface area contributed by atoms with Gasteiger partial charge in [0.2, 0.25) is 0 Å². The second-order valence-corrected chi connectivity index (χ2v) is 3.41. The van der Waals surface area contributed by atoms with Crippen molar-refractivity contribution in [2.45, 2.75) is 6.54 Å². The highest BCUT2D eigenvalue weighted by Crippen LogP contribution is 2.17. The van der Waals surface area contributed by atoms with Crippen molar-refractivity contribution < 1.29 is 0 Å². The molecule has 0 saturated carbocycles. The van der Waals surface area contributed by atoms with Crippen LogP contribution in [0.4, 0.5) is 0 Å². The molecule has 0 atom stereocenters. The van der Waals surface area contributed by atoms with Gasteiger partial charge in [-0.05, 0) is 16.3 Å². The van der Waals surface area contributed by atoms with Crippen LogP contribution in [0.2, 0.25) is 0 Å². The summed E-state index contributed by atoms with van der Waals surface area (Å²) in [5.74, 6) is 0.00272. The first-order valence-electron chi connectivity index (χ1n) is 4.82. The summed E-state index contributed by atoms with van der Waals surface area (Å²) in [5.41, 5.74) is 6.41. The lowest BCUT2D eigenvalue weighted by Gasteiger charge is -2.07. The SMILES string of the molecule is Cl.N=C(N)NCc1cccc2ccccc12. The number of nitrogens with one attached hydrogen (secondary N) is 2. The predicted octanol–water partition coefficient (Wildman–Crippen LogP) is 2.24. The van der Waals surface area contributed by atoms with Gasteiger partial charge in [0, 0.05) is 6.54 Å². The molecule has 0 bridgehead atoms. The van der Waals surface area contributed by atoms with Crippen molar-refractivity contribution in [3.8, 4) is 0 Å².